The number of rotatable bonds is 12. The molecule has 0 radical (unpaired) electrons. The number of nitrogens with zero attached hydrogens (tertiary/aromatic N) is 1. The molecule has 3 aromatic carbocycles. The van der Waals surface area contributed by atoms with E-state index in [4.69, 9.17) is 4.74 Å². The number of benzene rings is 3. The maximum absolute atomic E-state index is 10.2. The van der Waals surface area contributed by atoms with Crippen LogP contribution in [0.4, 0.5) is 0 Å². The third-order valence-corrected chi connectivity index (χ3v) is 9.05. The molecule has 0 bridgehead atoms. The minimum Gasteiger partial charge on any atom is -0.508 e. The Balaban J connectivity index is 1.12. The molecular formula is C33H41NO2S. The molecule has 2 heterocycles. The number of hydrogen-bond donors (Lipinski definition) is 1. The van der Waals surface area contributed by atoms with Gasteiger partial charge in [-0.1, -0.05) is 68.1 Å². The number of thioether (sulfide) groups is 1. The summed E-state index contributed by atoms with van der Waals surface area (Å²) in [5, 5.41) is 10.2. The fourth-order valence-electron chi connectivity index (χ4n) is 5.92. The van der Waals surface area contributed by atoms with Gasteiger partial charge in [-0.05, 0) is 92.5 Å². The lowest BCUT2D eigenvalue weighted by Gasteiger charge is -2.34. The minimum absolute atomic E-state index is 0.155. The van der Waals surface area contributed by atoms with Gasteiger partial charge in [-0.15, -0.1) is 11.8 Å². The topological polar surface area (TPSA) is 32.7 Å². The third-order valence-electron chi connectivity index (χ3n) is 7.95. The highest BCUT2D eigenvalue weighted by atomic mass is 32.2. The summed E-state index contributed by atoms with van der Waals surface area (Å²) in [6.07, 6.45) is 11.0. The first-order chi connectivity index (χ1) is 18.3. The lowest BCUT2D eigenvalue weighted by molar-refractivity contribution is 0.248. The lowest BCUT2D eigenvalue weighted by Crippen LogP contribution is -2.25. The van der Waals surface area contributed by atoms with E-state index in [0.29, 0.717) is 12.4 Å². The lowest BCUT2D eigenvalue weighted by atomic mass is 9.76. The second kappa shape index (κ2) is 13.4. The molecule has 2 atom stereocenters. The van der Waals surface area contributed by atoms with Crippen LogP contribution >= 0.6 is 11.8 Å². The average Bonchev–Trinajstić information content (AvgIpc) is 3.46. The molecule has 2 unspecified atom stereocenters. The molecule has 5 rings (SSSR count). The Morgan fingerprint density at radius 2 is 1.51 bits per heavy atom. The second-order valence-electron chi connectivity index (χ2n) is 10.6. The summed E-state index contributed by atoms with van der Waals surface area (Å²) >= 11 is 1.97. The van der Waals surface area contributed by atoms with Gasteiger partial charge in [0.15, 0.2) is 0 Å². The molecule has 0 saturated carbocycles. The number of likely N-dealkylation sites (tertiary alicyclic amines) is 1. The van der Waals surface area contributed by atoms with Crippen molar-refractivity contribution in [3.8, 4) is 11.5 Å². The summed E-state index contributed by atoms with van der Waals surface area (Å²) in [6.45, 7) is 4.62. The SMILES string of the molecule is Oc1ccc2c(c1)C(c1ccc(SCCCCCCCCN3CCCC3)cc1)C(c1ccccc1)CO2. The monoisotopic (exact) mass is 515 g/mol. The number of fused-ring (bicyclic) bond motifs is 1. The van der Waals surface area contributed by atoms with Crippen LogP contribution in [0, 0.1) is 0 Å². The van der Waals surface area contributed by atoms with Crippen LogP contribution in [-0.2, 0) is 0 Å². The van der Waals surface area contributed by atoms with Crippen molar-refractivity contribution in [2.45, 2.75) is 68.1 Å². The quantitative estimate of drug-likeness (QED) is 0.194. The van der Waals surface area contributed by atoms with Crippen LogP contribution in [0.2, 0.25) is 0 Å². The van der Waals surface area contributed by atoms with Crippen LogP contribution in [-0.4, -0.2) is 42.0 Å². The van der Waals surface area contributed by atoms with Gasteiger partial charge in [0.1, 0.15) is 11.5 Å². The molecule has 0 amide bonds. The predicted molar refractivity (Wildman–Crippen MR) is 155 cm³/mol. The summed E-state index contributed by atoms with van der Waals surface area (Å²) in [4.78, 5) is 3.97. The van der Waals surface area contributed by atoms with Gasteiger partial charge < -0.3 is 14.7 Å². The van der Waals surface area contributed by atoms with Crippen LogP contribution < -0.4 is 4.74 Å². The standard InChI is InChI=1S/C33H41NO2S/c35-28-16-19-32-30(24-28)33(31(25-36-32)26-12-6-5-7-13-26)27-14-17-29(18-15-27)37-23-11-4-2-1-3-8-20-34-21-9-10-22-34/h5-7,12-19,24,31,33,35H,1-4,8-11,20-23,25H2. The normalized spacial score (nSPS) is 19.5. The Labute approximate surface area is 227 Å². The molecular weight excluding hydrogens is 474 g/mol. The fraction of sp³-hybridized carbons (Fsp3) is 0.455. The van der Waals surface area contributed by atoms with E-state index in [2.05, 4.69) is 59.5 Å². The van der Waals surface area contributed by atoms with Gasteiger partial charge >= 0.3 is 0 Å². The van der Waals surface area contributed by atoms with Crippen molar-refractivity contribution in [2.24, 2.45) is 0 Å². The van der Waals surface area contributed by atoms with Crippen LogP contribution in [0.3, 0.4) is 0 Å². The van der Waals surface area contributed by atoms with E-state index in [9.17, 15) is 5.11 Å². The van der Waals surface area contributed by atoms with E-state index in [1.807, 2.05) is 23.9 Å². The molecule has 3 nitrogen and oxygen atoms in total. The maximum atomic E-state index is 10.2. The molecule has 1 fully saturated rings. The summed E-state index contributed by atoms with van der Waals surface area (Å²) in [5.74, 6) is 2.73. The Morgan fingerprint density at radius 3 is 2.30 bits per heavy atom. The first-order valence-electron chi connectivity index (χ1n) is 14.2. The number of phenolic OH excluding ortho intramolecular Hbond substituents is 1. The fourth-order valence-corrected chi connectivity index (χ4v) is 6.83. The molecule has 1 N–H and O–H groups in total. The molecule has 4 heteroatoms. The largest absolute Gasteiger partial charge is 0.508 e. The van der Waals surface area contributed by atoms with Crippen LogP contribution in [0.5, 0.6) is 11.5 Å². The van der Waals surface area contributed by atoms with Crippen molar-refractivity contribution in [3.05, 3.63) is 89.5 Å². The minimum atomic E-state index is 0.155. The van der Waals surface area contributed by atoms with Crippen molar-refractivity contribution in [1.82, 2.24) is 4.90 Å². The number of unbranched alkanes of at least 4 members (excludes halogenated alkanes) is 5. The molecule has 0 spiro atoms. The number of hydrogen-bond acceptors (Lipinski definition) is 4. The van der Waals surface area contributed by atoms with E-state index >= 15 is 0 Å². The van der Waals surface area contributed by atoms with Crippen LogP contribution in [0.15, 0.2) is 77.7 Å². The smallest absolute Gasteiger partial charge is 0.123 e. The van der Waals surface area contributed by atoms with Crippen LogP contribution in [0.25, 0.3) is 0 Å². The van der Waals surface area contributed by atoms with Gasteiger partial charge in [0, 0.05) is 22.3 Å². The highest BCUT2D eigenvalue weighted by Crippen LogP contribution is 2.47. The molecule has 2 aliphatic heterocycles. The first kappa shape index (κ1) is 26.2. The maximum Gasteiger partial charge on any atom is 0.123 e. The van der Waals surface area contributed by atoms with E-state index in [-0.39, 0.29) is 11.8 Å². The molecule has 37 heavy (non-hydrogen) atoms. The molecule has 0 aromatic heterocycles. The van der Waals surface area contributed by atoms with Gasteiger partial charge in [-0.2, -0.15) is 0 Å². The second-order valence-corrected chi connectivity index (χ2v) is 11.8. The third kappa shape index (κ3) is 7.12. The average molecular weight is 516 g/mol. The Bertz CT molecular complexity index is 1100. The zero-order valence-corrected chi connectivity index (χ0v) is 22.8. The van der Waals surface area contributed by atoms with Crippen LogP contribution in [0.1, 0.15) is 79.9 Å². The molecule has 196 valence electrons. The zero-order valence-electron chi connectivity index (χ0n) is 22.0. The van der Waals surface area contributed by atoms with Gasteiger partial charge in [0.05, 0.1) is 6.61 Å². The van der Waals surface area contributed by atoms with E-state index in [0.717, 1.165) is 11.3 Å². The van der Waals surface area contributed by atoms with Gasteiger partial charge in [0.25, 0.3) is 0 Å². The molecule has 1 saturated heterocycles. The molecule has 0 aliphatic carbocycles. The van der Waals surface area contributed by atoms with Crippen molar-refractivity contribution in [3.63, 3.8) is 0 Å². The first-order valence-corrected chi connectivity index (χ1v) is 15.2. The zero-order chi connectivity index (χ0) is 25.3. The van der Waals surface area contributed by atoms with Crippen molar-refractivity contribution < 1.29 is 9.84 Å². The number of ether oxygens (including phenoxy) is 1. The Kier molecular flexibility index (Phi) is 9.48. The summed E-state index contributed by atoms with van der Waals surface area (Å²) in [7, 11) is 0. The number of phenols is 1. The molecule has 2 aliphatic rings. The van der Waals surface area contributed by atoms with E-state index in [1.165, 1.54) is 92.8 Å². The van der Waals surface area contributed by atoms with Crippen molar-refractivity contribution in [2.75, 3.05) is 32.0 Å². The highest BCUT2D eigenvalue weighted by Gasteiger charge is 2.33. The van der Waals surface area contributed by atoms with Crippen molar-refractivity contribution >= 4 is 11.8 Å². The summed E-state index contributed by atoms with van der Waals surface area (Å²) in [5.41, 5.74) is 3.62. The van der Waals surface area contributed by atoms with E-state index < -0.39 is 0 Å². The van der Waals surface area contributed by atoms with Gasteiger partial charge in [-0.3, -0.25) is 0 Å². The Hall–Kier alpha value is -2.43. The van der Waals surface area contributed by atoms with Crippen molar-refractivity contribution in [1.29, 1.82) is 0 Å². The van der Waals surface area contributed by atoms with Gasteiger partial charge in [0.2, 0.25) is 0 Å². The Morgan fingerprint density at radius 1 is 0.784 bits per heavy atom. The van der Waals surface area contributed by atoms with Gasteiger partial charge in [-0.25, -0.2) is 0 Å². The highest BCUT2D eigenvalue weighted by molar-refractivity contribution is 7.99. The predicted octanol–water partition coefficient (Wildman–Crippen LogP) is 8.23. The summed E-state index contributed by atoms with van der Waals surface area (Å²) in [6, 6.07) is 25.2. The summed E-state index contributed by atoms with van der Waals surface area (Å²) < 4.78 is 6.13. The number of aromatic hydroxyl groups is 1. The van der Waals surface area contributed by atoms with E-state index in [1.54, 1.807) is 6.07 Å². The molecule has 3 aromatic rings.